The second kappa shape index (κ2) is 4.22. The third-order valence-electron chi connectivity index (χ3n) is 3.31. The van der Waals surface area contributed by atoms with Crippen LogP contribution < -0.4 is 5.73 Å². The number of hydrogen-bond acceptors (Lipinski definition) is 4. The van der Waals surface area contributed by atoms with Crippen molar-refractivity contribution in [1.29, 1.82) is 0 Å². The summed E-state index contributed by atoms with van der Waals surface area (Å²) in [6, 6.07) is 5.67. The number of carboxylic acid groups (broad SMARTS) is 1. The summed E-state index contributed by atoms with van der Waals surface area (Å²) in [7, 11) is -3.67. The zero-order valence-corrected chi connectivity index (χ0v) is 10.9. The van der Waals surface area contributed by atoms with Crippen LogP contribution in [0.2, 0.25) is 5.02 Å². The molecule has 0 unspecified atom stereocenters. The van der Waals surface area contributed by atoms with Gasteiger partial charge in [-0.2, -0.15) is 0 Å². The van der Waals surface area contributed by atoms with Crippen molar-refractivity contribution in [3.05, 3.63) is 29.3 Å². The van der Waals surface area contributed by atoms with E-state index in [1.807, 2.05) is 0 Å². The zero-order chi connectivity index (χ0) is 13.6. The fourth-order valence-corrected chi connectivity index (χ4v) is 4.27. The molecule has 1 aromatic carbocycles. The Morgan fingerprint density at radius 1 is 1.44 bits per heavy atom. The van der Waals surface area contributed by atoms with Crippen molar-refractivity contribution in [2.45, 2.75) is 16.6 Å². The third-order valence-corrected chi connectivity index (χ3v) is 5.86. The highest BCUT2D eigenvalue weighted by molar-refractivity contribution is 7.92. The minimum atomic E-state index is -3.67. The van der Waals surface area contributed by atoms with Crippen LogP contribution in [-0.4, -0.2) is 31.3 Å². The summed E-state index contributed by atoms with van der Waals surface area (Å²) >= 11 is 5.68. The minimum Gasteiger partial charge on any atom is -0.481 e. The van der Waals surface area contributed by atoms with Crippen molar-refractivity contribution >= 4 is 27.4 Å². The number of nitrogens with two attached hydrogens (primary N) is 1. The van der Waals surface area contributed by atoms with Gasteiger partial charge in [0.05, 0.1) is 15.6 Å². The molecule has 1 saturated carbocycles. The Bertz CT molecular complexity index is 584. The van der Waals surface area contributed by atoms with E-state index < -0.39 is 26.5 Å². The SMILES string of the molecule is NC[C@]1(C(=O)O)C[C@@H]1S(=O)(=O)c1ccc(Cl)cc1. The molecule has 5 nitrogen and oxygen atoms in total. The molecular weight excluding hydrogens is 278 g/mol. The molecule has 0 heterocycles. The number of sulfone groups is 1. The molecule has 98 valence electrons. The molecule has 0 bridgehead atoms. The normalized spacial score (nSPS) is 26.9. The molecular formula is C11H12ClNO4S. The average Bonchev–Trinajstić information content (AvgIpc) is 3.06. The van der Waals surface area contributed by atoms with Gasteiger partial charge < -0.3 is 10.8 Å². The predicted octanol–water partition coefficient (Wildman–Crippen LogP) is 0.916. The van der Waals surface area contributed by atoms with E-state index in [9.17, 15) is 13.2 Å². The van der Waals surface area contributed by atoms with Crippen molar-refractivity contribution < 1.29 is 18.3 Å². The first-order valence-corrected chi connectivity index (χ1v) is 7.20. The fourth-order valence-electron chi connectivity index (χ4n) is 1.99. The van der Waals surface area contributed by atoms with E-state index in [0.29, 0.717) is 5.02 Å². The summed E-state index contributed by atoms with van der Waals surface area (Å²) in [4.78, 5) is 11.2. The highest BCUT2D eigenvalue weighted by atomic mass is 35.5. The second-order valence-electron chi connectivity index (χ2n) is 4.36. The highest BCUT2D eigenvalue weighted by Gasteiger charge is 2.66. The molecule has 1 aliphatic carbocycles. The summed E-state index contributed by atoms with van der Waals surface area (Å²) in [5.74, 6) is -1.16. The Morgan fingerprint density at radius 3 is 2.39 bits per heavy atom. The van der Waals surface area contributed by atoms with Crippen LogP contribution in [0.25, 0.3) is 0 Å². The molecule has 1 aromatic rings. The number of carbonyl (C=O) groups is 1. The van der Waals surface area contributed by atoms with Crippen molar-refractivity contribution in [2.24, 2.45) is 11.1 Å². The van der Waals surface area contributed by atoms with Gasteiger partial charge in [0, 0.05) is 11.6 Å². The maximum atomic E-state index is 12.2. The summed E-state index contributed by atoms with van der Waals surface area (Å²) in [6.45, 7) is -0.181. The number of halogens is 1. The van der Waals surface area contributed by atoms with Crippen LogP contribution in [0.5, 0.6) is 0 Å². The number of carboxylic acids is 1. The minimum absolute atomic E-state index is 0.0593. The van der Waals surface area contributed by atoms with Crippen molar-refractivity contribution in [3.63, 3.8) is 0 Å². The molecule has 7 heteroatoms. The predicted molar refractivity (Wildman–Crippen MR) is 66.2 cm³/mol. The summed E-state index contributed by atoms with van der Waals surface area (Å²) in [5, 5.41) is 8.54. The van der Waals surface area contributed by atoms with E-state index in [-0.39, 0.29) is 17.9 Å². The third kappa shape index (κ3) is 1.90. The quantitative estimate of drug-likeness (QED) is 0.859. The fraction of sp³-hybridized carbons (Fsp3) is 0.364. The molecule has 0 saturated heterocycles. The molecule has 0 radical (unpaired) electrons. The molecule has 18 heavy (non-hydrogen) atoms. The maximum Gasteiger partial charge on any atom is 0.312 e. The summed E-state index contributed by atoms with van der Waals surface area (Å²) < 4.78 is 24.4. The van der Waals surface area contributed by atoms with Crippen LogP contribution in [0, 0.1) is 5.41 Å². The second-order valence-corrected chi connectivity index (χ2v) is 6.92. The smallest absolute Gasteiger partial charge is 0.312 e. The largest absolute Gasteiger partial charge is 0.481 e. The molecule has 0 spiro atoms. The van der Waals surface area contributed by atoms with E-state index in [2.05, 4.69) is 0 Å². The van der Waals surface area contributed by atoms with Crippen LogP contribution in [0.3, 0.4) is 0 Å². The molecule has 2 atom stereocenters. The van der Waals surface area contributed by atoms with E-state index in [0.717, 1.165) is 0 Å². The molecule has 3 N–H and O–H groups in total. The van der Waals surface area contributed by atoms with Gasteiger partial charge in [-0.05, 0) is 30.7 Å². The lowest BCUT2D eigenvalue weighted by Crippen LogP contribution is -2.31. The van der Waals surface area contributed by atoms with E-state index in [1.54, 1.807) is 0 Å². The Morgan fingerprint density at radius 2 is 2.00 bits per heavy atom. The van der Waals surface area contributed by atoms with Crippen molar-refractivity contribution in [3.8, 4) is 0 Å². The molecule has 1 aliphatic rings. The first kappa shape index (κ1) is 13.3. The first-order valence-electron chi connectivity index (χ1n) is 5.27. The molecule has 0 amide bonds. The lowest BCUT2D eigenvalue weighted by molar-refractivity contribution is -0.142. The average molecular weight is 290 g/mol. The number of hydrogen-bond donors (Lipinski definition) is 2. The Kier molecular flexibility index (Phi) is 3.12. The monoisotopic (exact) mass is 289 g/mol. The van der Waals surface area contributed by atoms with Crippen LogP contribution in [0.15, 0.2) is 29.2 Å². The lowest BCUT2D eigenvalue weighted by Gasteiger charge is -2.09. The van der Waals surface area contributed by atoms with Crippen molar-refractivity contribution in [2.75, 3.05) is 6.54 Å². The molecule has 0 aromatic heterocycles. The van der Waals surface area contributed by atoms with Crippen LogP contribution in [-0.2, 0) is 14.6 Å². The van der Waals surface area contributed by atoms with Gasteiger partial charge in [-0.1, -0.05) is 11.6 Å². The molecule has 0 aliphatic heterocycles. The Hall–Kier alpha value is -1.11. The van der Waals surface area contributed by atoms with Crippen molar-refractivity contribution in [1.82, 2.24) is 0 Å². The highest BCUT2D eigenvalue weighted by Crippen LogP contribution is 2.52. The standard InChI is InChI=1S/C11H12ClNO4S/c12-7-1-3-8(4-2-7)18(16,17)9-5-11(9,6-13)10(14)15/h1-4,9H,5-6,13H2,(H,14,15)/t9-,11+/m0/s1. The summed E-state index contributed by atoms with van der Waals surface area (Å²) in [5.41, 5.74) is 4.06. The molecule has 2 rings (SSSR count). The molecule has 1 fully saturated rings. The number of rotatable bonds is 4. The van der Waals surface area contributed by atoms with Gasteiger partial charge in [0.2, 0.25) is 0 Å². The van der Waals surface area contributed by atoms with Gasteiger partial charge in [-0.25, -0.2) is 8.42 Å². The van der Waals surface area contributed by atoms with E-state index >= 15 is 0 Å². The van der Waals surface area contributed by atoms with Gasteiger partial charge in [0.15, 0.2) is 9.84 Å². The number of benzene rings is 1. The van der Waals surface area contributed by atoms with E-state index in [1.165, 1.54) is 24.3 Å². The van der Waals surface area contributed by atoms with Gasteiger partial charge in [0.1, 0.15) is 0 Å². The number of aliphatic carboxylic acids is 1. The van der Waals surface area contributed by atoms with Gasteiger partial charge in [0.25, 0.3) is 0 Å². The van der Waals surface area contributed by atoms with E-state index in [4.69, 9.17) is 22.4 Å². The topological polar surface area (TPSA) is 97.5 Å². The van der Waals surface area contributed by atoms with Gasteiger partial charge >= 0.3 is 5.97 Å². The summed E-state index contributed by atoms with van der Waals surface area (Å²) in [6.07, 6.45) is 0.0593. The van der Waals surface area contributed by atoms with Crippen LogP contribution in [0.1, 0.15) is 6.42 Å². The zero-order valence-electron chi connectivity index (χ0n) is 9.34. The Balaban J connectivity index is 2.35. The van der Waals surface area contributed by atoms with Gasteiger partial charge in [-0.3, -0.25) is 4.79 Å². The first-order chi connectivity index (χ1) is 8.34. The lowest BCUT2D eigenvalue weighted by atomic mass is 10.1. The maximum absolute atomic E-state index is 12.2. The van der Waals surface area contributed by atoms with Gasteiger partial charge in [-0.15, -0.1) is 0 Å². The van der Waals surface area contributed by atoms with Crippen LogP contribution >= 0.6 is 11.6 Å². The van der Waals surface area contributed by atoms with Crippen LogP contribution in [0.4, 0.5) is 0 Å². The Labute approximate surface area is 109 Å².